The molecular weight excluding hydrogens is 445 g/mol. The third-order valence-electron chi connectivity index (χ3n) is 5.38. The number of alkyl halides is 3. The van der Waals surface area contributed by atoms with Crippen LogP contribution in [0.3, 0.4) is 0 Å². The molecule has 0 saturated heterocycles. The van der Waals surface area contributed by atoms with Gasteiger partial charge in [0.15, 0.2) is 0 Å². The summed E-state index contributed by atoms with van der Waals surface area (Å²) in [5.41, 5.74) is 1.47. The number of imide groups is 1. The fraction of sp³-hybridized carbons (Fsp3) is 0.154. The van der Waals surface area contributed by atoms with Gasteiger partial charge in [-0.2, -0.15) is 13.2 Å². The van der Waals surface area contributed by atoms with Crippen molar-refractivity contribution in [2.24, 2.45) is 0 Å². The lowest BCUT2D eigenvalue weighted by atomic mass is 10.0. The summed E-state index contributed by atoms with van der Waals surface area (Å²) in [5.74, 6) is -0.924. The molecule has 5 nitrogen and oxygen atoms in total. The summed E-state index contributed by atoms with van der Waals surface area (Å²) in [6.07, 6.45) is -4.56. The molecular formula is C26H21F3N2O3. The Hall–Kier alpha value is -4.07. The minimum Gasteiger partial charge on any atom is -0.496 e. The Morgan fingerprint density at radius 1 is 0.853 bits per heavy atom. The highest BCUT2D eigenvalue weighted by Gasteiger charge is 2.41. The fourth-order valence-corrected chi connectivity index (χ4v) is 3.98. The van der Waals surface area contributed by atoms with Gasteiger partial charge in [0.2, 0.25) is 0 Å². The maximum Gasteiger partial charge on any atom is 0.416 e. The van der Waals surface area contributed by atoms with Crippen molar-refractivity contribution in [3.63, 3.8) is 0 Å². The smallest absolute Gasteiger partial charge is 0.416 e. The van der Waals surface area contributed by atoms with Crippen LogP contribution in [0, 0.1) is 13.8 Å². The van der Waals surface area contributed by atoms with Crippen LogP contribution in [0.2, 0.25) is 0 Å². The first-order valence-electron chi connectivity index (χ1n) is 10.4. The molecule has 8 heteroatoms. The van der Waals surface area contributed by atoms with Gasteiger partial charge in [0.05, 0.1) is 23.9 Å². The Kier molecular flexibility index (Phi) is 5.91. The molecule has 34 heavy (non-hydrogen) atoms. The van der Waals surface area contributed by atoms with E-state index in [2.05, 4.69) is 5.32 Å². The Labute approximate surface area is 194 Å². The first-order valence-corrected chi connectivity index (χ1v) is 10.4. The molecule has 0 spiro atoms. The number of rotatable bonds is 5. The molecule has 0 fully saturated rings. The molecule has 1 N–H and O–H groups in total. The van der Waals surface area contributed by atoms with Crippen molar-refractivity contribution in [2.45, 2.75) is 20.0 Å². The van der Waals surface area contributed by atoms with Crippen LogP contribution in [0.15, 0.2) is 72.4 Å². The number of nitrogens with zero attached hydrogens (tertiary/aromatic N) is 1. The summed E-state index contributed by atoms with van der Waals surface area (Å²) in [7, 11) is 1.43. The summed E-state index contributed by atoms with van der Waals surface area (Å²) >= 11 is 0. The van der Waals surface area contributed by atoms with E-state index in [9.17, 15) is 22.8 Å². The van der Waals surface area contributed by atoms with Crippen LogP contribution in [-0.2, 0) is 15.8 Å². The molecule has 0 saturated carbocycles. The van der Waals surface area contributed by atoms with Crippen LogP contribution in [0.25, 0.3) is 5.57 Å². The second kappa shape index (κ2) is 8.70. The van der Waals surface area contributed by atoms with E-state index in [1.54, 1.807) is 36.4 Å². The molecule has 1 aliphatic heterocycles. The quantitative estimate of drug-likeness (QED) is 0.488. The second-order valence-electron chi connectivity index (χ2n) is 7.95. The van der Waals surface area contributed by atoms with Crippen LogP contribution in [0.5, 0.6) is 5.75 Å². The van der Waals surface area contributed by atoms with Crippen molar-refractivity contribution in [1.82, 2.24) is 0 Å². The Morgan fingerprint density at radius 2 is 1.53 bits per heavy atom. The van der Waals surface area contributed by atoms with Crippen LogP contribution in [0.4, 0.5) is 24.5 Å². The number of benzene rings is 3. The monoisotopic (exact) mass is 466 g/mol. The Bertz CT molecular complexity index is 1310. The highest BCUT2D eigenvalue weighted by atomic mass is 19.4. The highest BCUT2D eigenvalue weighted by molar-refractivity contribution is 6.46. The van der Waals surface area contributed by atoms with Crippen LogP contribution in [-0.4, -0.2) is 18.9 Å². The summed E-state index contributed by atoms with van der Waals surface area (Å²) in [4.78, 5) is 28.2. The maximum absolute atomic E-state index is 13.6. The Morgan fingerprint density at radius 3 is 2.18 bits per heavy atom. The number of halogens is 3. The largest absolute Gasteiger partial charge is 0.496 e. The first kappa shape index (κ1) is 23.1. The summed E-state index contributed by atoms with van der Waals surface area (Å²) in [5, 5.41) is 2.77. The maximum atomic E-state index is 13.6. The Balaban J connectivity index is 1.87. The number of para-hydroxylation sites is 1. The van der Waals surface area contributed by atoms with E-state index in [4.69, 9.17) is 4.74 Å². The van der Waals surface area contributed by atoms with Gasteiger partial charge < -0.3 is 10.1 Å². The van der Waals surface area contributed by atoms with E-state index in [1.165, 1.54) is 19.2 Å². The fourth-order valence-electron chi connectivity index (χ4n) is 3.98. The lowest BCUT2D eigenvalue weighted by Crippen LogP contribution is -2.32. The van der Waals surface area contributed by atoms with E-state index in [1.807, 2.05) is 19.9 Å². The molecule has 2 amide bonds. The molecule has 3 aromatic rings. The van der Waals surface area contributed by atoms with Gasteiger partial charge in [-0.25, -0.2) is 4.90 Å². The van der Waals surface area contributed by atoms with Crippen LogP contribution in [0.1, 0.15) is 22.3 Å². The molecule has 1 heterocycles. The molecule has 4 rings (SSSR count). The number of amides is 2. The molecule has 1 aliphatic rings. The van der Waals surface area contributed by atoms with E-state index < -0.39 is 23.6 Å². The molecule has 3 aromatic carbocycles. The van der Waals surface area contributed by atoms with Crippen molar-refractivity contribution in [3.8, 4) is 5.75 Å². The molecule has 0 aromatic heterocycles. The number of ether oxygens (including phenoxy) is 1. The van der Waals surface area contributed by atoms with Crippen LogP contribution >= 0.6 is 0 Å². The minimum atomic E-state index is -4.56. The van der Waals surface area contributed by atoms with Gasteiger partial charge >= 0.3 is 6.18 Å². The molecule has 0 unspecified atom stereocenters. The number of hydrogen-bond acceptors (Lipinski definition) is 4. The summed E-state index contributed by atoms with van der Waals surface area (Å²) in [6, 6.07) is 16.4. The second-order valence-corrected chi connectivity index (χ2v) is 7.95. The first-order chi connectivity index (χ1) is 16.1. The van der Waals surface area contributed by atoms with Crippen molar-refractivity contribution in [2.75, 3.05) is 17.3 Å². The number of carbonyl (C=O) groups is 2. The predicted molar refractivity (Wildman–Crippen MR) is 123 cm³/mol. The average molecular weight is 466 g/mol. The normalized spacial score (nSPS) is 14.1. The molecule has 0 aliphatic carbocycles. The van der Waals surface area contributed by atoms with Crippen molar-refractivity contribution < 1.29 is 27.5 Å². The third kappa shape index (κ3) is 4.26. The topological polar surface area (TPSA) is 58.6 Å². The minimum absolute atomic E-state index is 0.0130. The number of hydrogen-bond donors (Lipinski definition) is 1. The number of aryl methyl sites for hydroxylation is 2. The summed E-state index contributed by atoms with van der Waals surface area (Å²) in [6.45, 7) is 3.69. The third-order valence-corrected chi connectivity index (χ3v) is 5.38. The van der Waals surface area contributed by atoms with Gasteiger partial charge in [-0.3, -0.25) is 9.59 Å². The van der Waals surface area contributed by atoms with Gasteiger partial charge in [0.1, 0.15) is 11.4 Å². The standard InChI is InChI=1S/C26H21F3N2O3/c1-15-11-16(2)13-19(12-15)31-24(32)22(20-9-4-5-10-21(20)34-3)23(25(31)33)30-18-8-6-7-17(14-18)26(27,28)29/h4-14,30H,1-3H3. The lowest BCUT2D eigenvalue weighted by molar-refractivity contribution is -0.137. The SMILES string of the molecule is COc1ccccc1C1=C(Nc2cccc(C(F)(F)F)c2)C(=O)N(c2cc(C)cc(C)c2)C1=O. The molecule has 0 atom stereocenters. The van der Waals surface area contributed by atoms with Gasteiger partial charge in [-0.15, -0.1) is 0 Å². The lowest BCUT2D eigenvalue weighted by Gasteiger charge is -2.17. The summed E-state index contributed by atoms with van der Waals surface area (Å²) < 4.78 is 45.1. The number of methoxy groups -OCH3 is 1. The van der Waals surface area contributed by atoms with Gasteiger partial charge in [-0.05, 0) is 61.4 Å². The van der Waals surface area contributed by atoms with E-state index >= 15 is 0 Å². The molecule has 0 radical (unpaired) electrons. The number of anilines is 2. The highest BCUT2D eigenvalue weighted by Crippen LogP contribution is 2.38. The zero-order valence-electron chi connectivity index (χ0n) is 18.7. The number of carbonyl (C=O) groups excluding carboxylic acids is 2. The van der Waals surface area contributed by atoms with Crippen molar-refractivity contribution >= 4 is 28.8 Å². The van der Waals surface area contributed by atoms with Gasteiger partial charge in [-0.1, -0.05) is 30.3 Å². The van der Waals surface area contributed by atoms with Crippen molar-refractivity contribution in [1.29, 1.82) is 0 Å². The van der Waals surface area contributed by atoms with Gasteiger partial charge in [0, 0.05) is 11.3 Å². The zero-order chi connectivity index (χ0) is 24.6. The number of nitrogens with one attached hydrogen (secondary N) is 1. The van der Waals surface area contributed by atoms with Crippen molar-refractivity contribution in [3.05, 3.63) is 94.7 Å². The van der Waals surface area contributed by atoms with Gasteiger partial charge in [0.25, 0.3) is 11.8 Å². The molecule has 174 valence electrons. The average Bonchev–Trinajstić information content (AvgIpc) is 3.02. The molecule has 0 bridgehead atoms. The van der Waals surface area contributed by atoms with E-state index in [0.717, 1.165) is 28.2 Å². The zero-order valence-corrected chi connectivity index (χ0v) is 18.7. The van der Waals surface area contributed by atoms with E-state index in [0.29, 0.717) is 17.0 Å². The predicted octanol–water partition coefficient (Wildman–Crippen LogP) is 5.73. The van der Waals surface area contributed by atoms with E-state index in [-0.39, 0.29) is 17.0 Å². The van der Waals surface area contributed by atoms with Crippen LogP contribution < -0.4 is 15.0 Å².